The van der Waals surface area contributed by atoms with Crippen LogP contribution < -0.4 is 0 Å². The number of Topliss-reactive ketones (excluding diaryl/α,β-unsaturated/α-hetero) is 1. The Bertz CT molecular complexity index is 332. The molecule has 0 aliphatic carbocycles. The molecule has 1 amide bonds. The van der Waals surface area contributed by atoms with Crippen LogP contribution in [0.3, 0.4) is 0 Å². The standard InChI is InChI=1S/C11H15NO2S/c1-3-12(11(14)7-9(2)13)8-10-5-4-6-15-10/h4-6H,3,7-8H2,1-2H3. The largest absolute Gasteiger partial charge is 0.337 e. The van der Waals surface area contributed by atoms with E-state index in [9.17, 15) is 9.59 Å². The van der Waals surface area contributed by atoms with Gasteiger partial charge >= 0.3 is 0 Å². The van der Waals surface area contributed by atoms with E-state index in [2.05, 4.69) is 0 Å². The molecule has 1 aromatic rings. The predicted octanol–water partition coefficient (Wildman–Crippen LogP) is 2.08. The topological polar surface area (TPSA) is 37.4 Å². The summed E-state index contributed by atoms with van der Waals surface area (Å²) in [6, 6.07) is 3.96. The van der Waals surface area contributed by atoms with E-state index in [0.717, 1.165) is 4.88 Å². The summed E-state index contributed by atoms with van der Waals surface area (Å²) in [5.41, 5.74) is 0. The lowest BCUT2D eigenvalue weighted by Crippen LogP contribution is -2.31. The van der Waals surface area contributed by atoms with Gasteiger partial charge in [0.1, 0.15) is 5.78 Å². The number of nitrogens with zero attached hydrogens (tertiary/aromatic N) is 1. The van der Waals surface area contributed by atoms with Crippen LogP contribution in [0.1, 0.15) is 25.1 Å². The first-order valence-corrected chi connectivity index (χ1v) is 5.81. The molecule has 15 heavy (non-hydrogen) atoms. The van der Waals surface area contributed by atoms with Gasteiger partial charge in [0.2, 0.25) is 5.91 Å². The average molecular weight is 225 g/mol. The highest BCUT2D eigenvalue weighted by Gasteiger charge is 2.13. The number of rotatable bonds is 5. The van der Waals surface area contributed by atoms with Gasteiger partial charge in [-0.1, -0.05) is 6.07 Å². The number of ketones is 1. The molecular weight excluding hydrogens is 210 g/mol. The molecule has 0 aromatic carbocycles. The molecule has 0 saturated carbocycles. The summed E-state index contributed by atoms with van der Waals surface area (Å²) in [6.45, 7) is 4.62. The molecule has 0 unspecified atom stereocenters. The number of amides is 1. The van der Waals surface area contributed by atoms with Crippen LogP contribution in [0.5, 0.6) is 0 Å². The molecule has 0 fully saturated rings. The fourth-order valence-corrected chi connectivity index (χ4v) is 2.01. The average Bonchev–Trinajstić information content (AvgIpc) is 2.65. The van der Waals surface area contributed by atoms with Gasteiger partial charge in [0.15, 0.2) is 0 Å². The number of thiophene rings is 1. The maximum Gasteiger partial charge on any atom is 0.230 e. The van der Waals surface area contributed by atoms with Crippen molar-refractivity contribution in [2.24, 2.45) is 0 Å². The van der Waals surface area contributed by atoms with E-state index in [0.29, 0.717) is 13.1 Å². The predicted molar refractivity (Wildman–Crippen MR) is 60.7 cm³/mol. The van der Waals surface area contributed by atoms with E-state index in [1.165, 1.54) is 6.92 Å². The van der Waals surface area contributed by atoms with Gasteiger partial charge in [-0.2, -0.15) is 0 Å². The van der Waals surface area contributed by atoms with Crippen molar-refractivity contribution >= 4 is 23.0 Å². The van der Waals surface area contributed by atoms with Gasteiger partial charge < -0.3 is 4.90 Å². The van der Waals surface area contributed by atoms with Crippen molar-refractivity contribution in [3.05, 3.63) is 22.4 Å². The molecule has 0 radical (unpaired) electrons. The van der Waals surface area contributed by atoms with Crippen LogP contribution in [0.4, 0.5) is 0 Å². The van der Waals surface area contributed by atoms with Crippen LogP contribution in [-0.2, 0) is 16.1 Å². The van der Waals surface area contributed by atoms with Crippen LogP contribution in [0.25, 0.3) is 0 Å². The van der Waals surface area contributed by atoms with E-state index >= 15 is 0 Å². The SMILES string of the molecule is CCN(Cc1cccs1)C(=O)CC(C)=O. The van der Waals surface area contributed by atoms with E-state index < -0.39 is 0 Å². The molecule has 0 spiro atoms. The second-order valence-electron chi connectivity index (χ2n) is 3.37. The number of hydrogen-bond donors (Lipinski definition) is 0. The Balaban J connectivity index is 2.56. The van der Waals surface area contributed by atoms with Crippen LogP contribution >= 0.6 is 11.3 Å². The second kappa shape index (κ2) is 5.66. The maximum absolute atomic E-state index is 11.6. The molecule has 0 saturated heterocycles. The van der Waals surface area contributed by atoms with Crippen LogP contribution in [0.2, 0.25) is 0 Å². The zero-order valence-corrected chi connectivity index (χ0v) is 9.84. The van der Waals surface area contributed by atoms with Crippen molar-refractivity contribution in [1.29, 1.82) is 0 Å². The fraction of sp³-hybridized carbons (Fsp3) is 0.455. The Hall–Kier alpha value is -1.16. The number of carbonyl (C=O) groups excluding carboxylic acids is 2. The third-order valence-electron chi connectivity index (χ3n) is 2.06. The molecule has 0 atom stereocenters. The van der Waals surface area contributed by atoms with Crippen LogP contribution in [-0.4, -0.2) is 23.1 Å². The molecular formula is C11H15NO2S. The molecule has 1 heterocycles. The van der Waals surface area contributed by atoms with Crippen LogP contribution in [0, 0.1) is 0 Å². The monoisotopic (exact) mass is 225 g/mol. The minimum atomic E-state index is -0.0848. The Morgan fingerprint density at radius 3 is 2.67 bits per heavy atom. The lowest BCUT2D eigenvalue weighted by molar-refractivity contribution is -0.135. The highest BCUT2D eigenvalue weighted by Crippen LogP contribution is 2.12. The zero-order valence-electron chi connectivity index (χ0n) is 9.03. The Morgan fingerprint density at radius 2 is 2.20 bits per heavy atom. The number of hydrogen-bond acceptors (Lipinski definition) is 3. The summed E-state index contributed by atoms with van der Waals surface area (Å²) in [5, 5.41) is 1.98. The summed E-state index contributed by atoms with van der Waals surface area (Å²) in [6.07, 6.45) is 0.0131. The zero-order chi connectivity index (χ0) is 11.3. The first-order valence-electron chi connectivity index (χ1n) is 4.93. The molecule has 1 rings (SSSR count). The molecule has 0 N–H and O–H groups in total. The summed E-state index contributed by atoms with van der Waals surface area (Å²) in [7, 11) is 0. The minimum absolute atomic E-state index is 0.0131. The number of carbonyl (C=O) groups is 2. The quantitative estimate of drug-likeness (QED) is 0.719. The Labute approximate surface area is 93.7 Å². The van der Waals surface area contributed by atoms with Gasteiger partial charge in [0.25, 0.3) is 0 Å². The first kappa shape index (κ1) is 11.9. The van der Waals surface area contributed by atoms with Crippen LogP contribution in [0.15, 0.2) is 17.5 Å². The Morgan fingerprint density at radius 1 is 1.47 bits per heavy atom. The maximum atomic E-state index is 11.6. The summed E-state index contributed by atoms with van der Waals surface area (Å²) < 4.78 is 0. The molecule has 1 aromatic heterocycles. The molecule has 4 heteroatoms. The van der Waals surface area contributed by atoms with E-state index in [1.54, 1.807) is 16.2 Å². The lowest BCUT2D eigenvalue weighted by atomic mass is 10.2. The van der Waals surface area contributed by atoms with Gasteiger partial charge in [0, 0.05) is 11.4 Å². The third-order valence-corrected chi connectivity index (χ3v) is 2.92. The molecule has 0 bridgehead atoms. The van der Waals surface area contributed by atoms with Gasteiger partial charge in [-0.25, -0.2) is 0 Å². The highest BCUT2D eigenvalue weighted by atomic mass is 32.1. The molecule has 82 valence electrons. The van der Waals surface area contributed by atoms with E-state index in [4.69, 9.17) is 0 Å². The molecule has 3 nitrogen and oxygen atoms in total. The minimum Gasteiger partial charge on any atom is -0.337 e. The highest BCUT2D eigenvalue weighted by molar-refractivity contribution is 7.09. The fourth-order valence-electron chi connectivity index (χ4n) is 1.29. The normalized spacial score (nSPS) is 10.0. The molecule has 0 aliphatic rings. The van der Waals surface area contributed by atoms with Crippen molar-refractivity contribution in [2.45, 2.75) is 26.8 Å². The van der Waals surface area contributed by atoms with Crippen molar-refractivity contribution in [1.82, 2.24) is 4.90 Å². The van der Waals surface area contributed by atoms with E-state index in [-0.39, 0.29) is 18.1 Å². The lowest BCUT2D eigenvalue weighted by Gasteiger charge is -2.19. The van der Waals surface area contributed by atoms with Crippen molar-refractivity contribution < 1.29 is 9.59 Å². The molecule has 0 aliphatic heterocycles. The second-order valence-corrected chi connectivity index (χ2v) is 4.40. The summed E-state index contributed by atoms with van der Waals surface area (Å²) >= 11 is 1.62. The van der Waals surface area contributed by atoms with Crippen molar-refractivity contribution in [2.75, 3.05) is 6.54 Å². The van der Waals surface area contributed by atoms with E-state index in [1.807, 2.05) is 24.4 Å². The van der Waals surface area contributed by atoms with Crippen molar-refractivity contribution in [3.8, 4) is 0 Å². The van der Waals surface area contributed by atoms with Crippen molar-refractivity contribution in [3.63, 3.8) is 0 Å². The van der Waals surface area contributed by atoms with Gasteiger partial charge in [-0.05, 0) is 25.3 Å². The van der Waals surface area contributed by atoms with Gasteiger partial charge in [-0.15, -0.1) is 11.3 Å². The third kappa shape index (κ3) is 3.83. The summed E-state index contributed by atoms with van der Waals surface area (Å²) in [4.78, 5) is 25.3. The smallest absolute Gasteiger partial charge is 0.230 e. The Kier molecular flexibility index (Phi) is 4.49. The van der Waals surface area contributed by atoms with Gasteiger partial charge in [0.05, 0.1) is 13.0 Å². The van der Waals surface area contributed by atoms with Gasteiger partial charge in [-0.3, -0.25) is 9.59 Å². The first-order chi connectivity index (χ1) is 7.13. The summed E-state index contributed by atoms with van der Waals surface area (Å²) in [5.74, 6) is -0.164.